The summed E-state index contributed by atoms with van der Waals surface area (Å²) in [6.07, 6.45) is 0. The standard InChI is InChI=1S/C7H8BFO4/c9-6-1-2-7(10)5(3-6)4-13-8(11)12/h1-3,10-12H,4H2. The van der Waals surface area contributed by atoms with E-state index in [0.717, 1.165) is 18.2 Å². The van der Waals surface area contributed by atoms with E-state index in [9.17, 15) is 4.39 Å². The highest BCUT2D eigenvalue weighted by Gasteiger charge is 2.10. The van der Waals surface area contributed by atoms with E-state index in [0.29, 0.717) is 0 Å². The molecule has 6 heteroatoms. The molecule has 0 bridgehead atoms. The Hall–Kier alpha value is -1.11. The molecule has 1 aromatic rings. The van der Waals surface area contributed by atoms with Gasteiger partial charge in [-0.1, -0.05) is 0 Å². The Labute approximate surface area is 74.4 Å². The normalized spacial score (nSPS) is 10.1. The number of phenolic OH excluding ortho intramolecular Hbond substituents is 1. The number of phenols is 1. The molecule has 0 aliphatic rings. The minimum Gasteiger partial charge on any atom is -0.508 e. The summed E-state index contributed by atoms with van der Waals surface area (Å²) >= 11 is 0. The van der Waals surface area contributed by atoms with Gasteiger partial charge in [-0.05, 0) is 18.2 Å². The van der Waals surface area contributed by atoms with E-state index in [-0.39, 0.29) is 17.9 Å². The summed E-state index contributed by atoms with van der Waals surface area (Å²) in [6, 6.07) is 3.31. The third-order valence-corrected chi connectivity index (χ3v) is 1.43. The van der Waals surface area contributed by atoms with E-state index < -0.39 is 13.1 Å². The summed E-state index contributed by atoms with van der Waals surface area (Å²) in [5, 5.41) is 25.8. The third kappa shape index (κ3) is 3.02. The summed E-state index contributed by atoms with van der Waals surface area (Å²) < 4.78 is 16.9. The van der Waals surface area contributed by atoms with Crippen LogP contribution in [-0.2, 0) is 11.3 Å². The average Bonchev–Trinajstić information content (AvgIpc) is 2.06. The lowest BCUT2D eigenvalue weighted by Gasteiger charge is -2.04. The van der Waals surface area contributed by atoms with Crippen molar-refractivity contribution in [3.63, 3.8) is 0 Å². The van der Waals surface area contributed by atoms with Crippen LogP contribution in [0.1, 0.15) is 5.56 Å². The van der Waals surface area contributed by atoms with Gasteiger partial charge in [-0.3, -0.25) is 0 Å². The lowest BCUT2D eigenvalue weighted by Crippen LogP contribution is -2.16. The van der Waals surface area contributed by atoms with E-state index in [1.807, 2.05) is 0 Å². The van der Waals surface area contributed by atoms with Crippen molar-refractivity contribution in [1.82, 2.24) is 0 Å². The van der Waals surface area contributed by atoms with E-state index in [2.05, 4.69) is 4.65 Å². The molecule has 3 N–H and O–H groups in total. The fraction of sp³-hybridized carbons (Fsp3) is 0.143. The first-order valence-corrected chi connectivity index (χ1v) is 3.54. The topological polar surface area (TPSA) is 69.9 Å². The van der Waals surface area contributed by atoms with Crippen LogP contribution < -0.4 is 0 Å². The van der Waals surface area contributed by atoms with Crippen LogP contribution in [0.3, 0.4) is 0 Å². The zero-order valence-electron chi connectivity index (χ0n) is 6.64. The number of hydrogen-bond donors (Lipinski definition) is 3. The zero-order chi connectivity index (χ0) is 9.84. The van der Waals surface area contributed by atoms with Crippen LogP contribution >= 0.6 is 0 Å². The van der Waals surface area contributed by atoms with Crippen LogP contribution in [0.2, 0.25) is 0 Å². The Bertz CT molecular complexity index is 292. The Kier molecular flexibility index (Phi) is 3.24. The summed E-state index contributed by atoms with van der Waals surface area (Å²) in [6.45, 7) is -0.263. The molecule has 1 aromatic carbocycles. The SMILES string of the molecule is OB(O)OCc1cc(F)ccc1O. The molecule has 4 nitrogen and oxygen atoms in total. The van der Waals surface area contributed by atoms with Gasteiger partial charge < -0.3 is 19.8 Å². The molecule has 1 rings (SSSR count). The quantitative estimate of drug-likeness (QED) is 0.581. The van der Waals surface area contributed by atoms with Gasteiger partial charge in [-0.15, -0.1) is 0 Å². The van der Waals surface area contributed by atoms with Crippen molar-refractivity contribution in [3.8, 4) is 5.75 Å². The van der Waals surface area contributed by atoms with Crippen molar-refractivity contribution in [3.05, 3.63) is 29.6 Å². The zero-order valence-corrected chi connectivity index (χ0v) is 6.64. The van der Waals surface area contributed by atoms with Gasteiger partial charge in [0.15, 0.2) is 0 Å². The molecule has 13 heavy (non-hydrogen) atoms. The summed E-state index contributed by atoms with van der Waals surface area (Å²) in [5.41, 5.74) is 0.160. The minimum absolute atomic E-state index is 0.151. The maximum absolute atomic E-state index is 12.6. The van der Waals surface area contributed by atoms with Crippen molar-refractivity contribution in [1.29, 1.82) is 0 Å². The highest BCUT2D eigenvalue weighted by Crippen LogP contribution is 2.18. The second kappa shape index (κ2) is 4.22. The summed E-state index contributed by atoms with van der Waals surface area (Å²) in [7, 11) is -1.93. The molecule has 0 aromatic heterocycles. The highest BCUT2D eigenvalue weighted by molar-refractivity contribution is 6.32. The van der Waals surface area contributed by atoms with Crippen molar-refractivity contribution in [2.24, 2.45) is 0 Å². The fourth-order valence-corrected chi connectivity index (χ4v) is 0.834. The second-order valence-electron chi connectivity index (χ2n) is 2.41. The van der Waals surface area contributed by atoms with Gasteiger partial charge >= 0.3 is 7.32 Å². The van der Waals surface area contributed by atoms with E-state index in [1.165, 1.54) is 0 Å². The molecule has 0 heterocycles. The Morgan fingerprint density at radius 3 is 2.69 bits per heavy atom. The first-order valence-electron chi connectivity index (χ1n) is 3.54. The van der Waals surface area contributed by atoms with Crippen LogP contribution in [-0.4, -0.2) is 22.5 Å². The first kappa shape index (κ1) is 9.98. The van der Waals surface area contributed by atoms with E-state index >= 15 is 0 Å². The molecule has 0 saturated heterocycles. The number of halogens is 1. The number of benzene rings is 1. The van der Waals surface area contributed by atoms with Gasteiger partial charge in [0.25, 0.3) is 0 Å². The summed E-state index contributed by atoms with van der Waals surface area (Å²) in [5.74, 6) is -0.675. The van der Waals surface area contributed by atoms with Crippen LogP contribution in [0.25, 0.3) is 0 Å². The minimum atomic E-state index is -1.93. The molecule has 0 saturated carbocycles. The lowest BCUT2D eigenvalue weighted by molar-refractivity contribution is 0.175. The summed E-state index contributed by atoms with van der Waals surface area (Å²) in [4.78, 5) is 0. The monoisotopic (exact) mass is 186 g/mol. The van der Waals surface area contributed by atoms with Crippen LogP contribution in [0, 0.1) is 5.82 Å². The predicted octanol–water partition coefficient (Wildman–Crippen LogP) is 0.0174. The number of hydrogen-bond acceptors (Lipinski definition) is 4. The molecule has 0 atom stereocenters. The van der Waals surface area contributed by atoms with Gasteiger partial charge in [0.2, 0.25) is 0 Å². The van der Waals surface area contributed by atoms with E-state index in [4.69, 9.17) is 15.2 Å². The molecule has 0 fully saturated rings. The van der Waals surface area contributed by atoms with Crippen LogP contribution in [0.15, 0.2) is 18.2 Å². The molecule has 0 unspecified atom stereocenters. The molecule has 0 amide bonds. The van der Waals surface area contributed by atoms with Crippen molar-refractivity contribution in [2.45, 2.75) is 6.61 Å². The van der Waals surface area contributed by atoms with Crippen molar-refractivity contribution in [2.75, 3.05) is 0 Å². The van der Waals surface area contributed by atoms with Crippen molar-refractivity contribution >= 4 is 7.32 Å². The van der Waals surface area contributed by atoms with Gasteiger partial charge in [0.05, 0.1) is 6.61 Å². The molecule has 0 spiro atoms. The van der Waals surface area contributed by atoms with E-state index in [1.54, 1.807) is 0 Å². The second-order valence-corrected chi connectivity index (χ2v) is 2.41. The highest BCUT2D eigenvalue weighted by atomic mass is 19.1. The predicted molar refractivity (Wildman–Crippen MR) is 43.0 cm³/mol. The molecular weight excluding hydrogens is 178 g/mol. The van der Waals surface area contributed by atoms with Crippen molar-refractivity contribution < 1.29 is 24.2 Å². The number of rotatable bonds is 3. The van der Waals surface area contributed by atoms with Gasteiger partial charge in [0.1, 0.15) is 11.6 Å². The fourth-order valence-electron chi connectivity index (χ4n) is 0.834. The largest absolute Gasteiger partial charge is 0.634 e. The number of aromatic hydroxyl groups is 1. The molecule has 0 radical (unpaired) electrons. The Balaban J connectivity index is 2.70. The third-order valence-electron chi connectivity index (χ3n) is 1.43. The molecular formula is C7H8BFO4. The van der Waals surface area contributed by atoms with Gasteiger partial charge in [-0.2, -0.15) is 0 Å². The maximum Gasteiger partial charge on any atom is 0.634 e. The Morgan fingerprint density at radius 1 is 1.38 bits per heavy atom. The molecule has 0 aliphatic carbocycles. The van der Waals surface area contributed by atoms with Crippen LogP contribution in [0.5, 0.6) is 5.75 Å². The average molecular weight is 186 g/mol. The van der Waals surface area contributed by atoms with Gasteiger partial charge in [-0.25, -0.2) is 4.39 Å². The smallest absolute Gasteiger partial charge is 0.508 e. The molecule has 70 valence electrons. The van der Waals surface area contributed by atoms with Gasteiger partial charge in [0, 0.05) is 5.56 Å². The first-order chi connectivity index (χ1) is 6.09. The molecule has 0 aliphatic heterocycles. The maximum atomic E-state index is 12.6. The Morgan fingerprint density at radius 2 is 2.08 bits per heavy atom. The lowest BCUT2D eigenvalue weighted by atomic mass is 10.2. The van der Waals surface area contributed by atoms with Crippen LogP contribution in [0.4, 0.5) is 4.39 Å².